The summed E-state index contributed by atoms with van der Waals surface area (Å²) in [6, 6.07) is 14.4. The van der Waals surface area contributed by atoms with Gasteiger partial charge in [-0.1, -0.05) is 36.0 Å². The number of methoxy groups -OCH3 is 2. The molecule has 0 bridgehead atoms. The van der Waals surface area contributed by atoms with E-state index in [9.17, 15) is 9.59 Å². The van der Waals surface area contributed by atoms with Crippen LogP contribution in [0.5, 0.6) is 11.5 Å². The van der Waals surface area contributed by atoms with Crippen LogP contribution in [0.2, 0.25) is 0 Å². The highest BCUT2D eigenvalue weighted by Gasteiger charge is 2.17. The molecule has 1 aromatic heterocycles. The lowest BCUT2D eigenvalue weighted by molar-refractivity contribution is -0.116. The Labute approximate surface area is 190 Å². The SMILES string of the molecule is CCn1c(CC(=O)Nc2ccccc2OC)nnc1SCC(=O)Nc1ccccc1OC. The van der Waals surface area contributed by atoms with Gasteiger partial charge in [0.1, 0.15) is 17.3 Å². The number of nitrogens with one attached hydrogen (secondary N) is 2. The number of thioether (sulfide) groups is 1. The molecule has 9 nitrogen and oxygen atoms in total. The fourth-order valence-electron chi connectivity index (χ4n) is 3.02. The number of ether oxygens (including phenoxy) is 2. The molecule has 0 aliphatic heterocycles. The van der Waals surface area contributed by atoms with E-state index in [2.05, 4.69) is 20.8 Å². The predicted molar refractivity (Wildman–Crippen MR) is 123 cm³/mol. The van der Waals surface area contributed by atoms with Gasteiger partial charge in [0, 0.05) is 6.54 Å². The molecular weight excluding hydrogens is 430 g/mol. The molecule has 2 N–H and O–H groups in total. The summed E-state index contributed by atoms with van der Waals surface area (Å²) in [4.78, 5) is 24.9. The Bertz CT molecular complexity index is 1090. The zero-order valence-electron chi connectivity index (χ0n) is 18.1. The minimum absolute atomic E-state index is 0.0485. The van der Waals surface area contributed by atoms with Crippen molar-refractivity contribution in [2.45, 2.75) is 25.0 Å². The number of anilines is 2. The Kier molecular flexibility index (Phi) is 8.09. The second kappa shape index (κ2) is 11.2. The summed E-state index contributed by atoms with van der Waals surface area (Å²) in [6.07, 6.45) is 0.0485. The average molecular weight is 456 g/mol. The van der Waals surface area contributed by atoms with Crippen LogP contribution in [-0.2, 0) is 22.6 Å². The standard InChI is InChI=1S/C22H25N5O4S/c1-4-27-19(13-20(28)23-15-9-5-7-11-17(15)30-2)25-26-22(27)32-14-21(29)24-16-10-6-8-12-18(16)31-3/h5-12H,4,13-14H2,1-3H3,(H,23,28)(H,24,29). The second-order valence-corrected chi connectivity index (χ2v) is 7.55. The molecule has 3 aromatic rings. The highest BCUT2D eigenvalue weighted by atomic mass is 32.2. The molecule has 0 atom stereocenters. The fraction of sp³-hybridized carbons (Fsp3) is 0.273. The predicted octanol–water partition coefficient (Wildman–Crippen LogP) is 3.23. The van der Waals surface area contributed by atoms with E-state index in [0.29, 0.717) is 40.4 Å². The van der Waals surface area contributed by atoms with Crippen LogP contribution in [0.4, 0.5) is 11.4 Å². The van der Waals surface area contributed by atoms with Crippen LogP contribution >= 0.6 is 11.8 Å². The number of para-hydroxylation sites is 4. The third-order valence-corrected chi connectivity index (χ3v) is 5.49. The molecule has 2 aromatic carbocycles. The zero-order chi connectivity index (χ0) is 22.9. The van der Waals surface area contributed by atoms with Gasteiger partial charge in [-0.25, -0.2) is 0 Å². The lowest BCUT2D eigenvalue weighted by atomic mass is 10.2. The Morgan fingerprint density at radius 1 is 0.906 bits per heavy atom. The van der Waals surface area contributed by atoms with Crippen molar-refractivity contribution in [1.82, 2.24) is 14.8 Å². The minimum atomic E-state index is -0.234. The molecule has 0 saturated carbocycles. The van der Waals surface area contributed by atoms with E-state index in [4.69, 9.17) is 9.47 Å². The van der Waals surface area contributed by atoms with Crippen molar-refractivity contribution in [1.29, 1.82) is 0 Å². The van der Waals surface area contributed by atoms with Gasteiger partial charge in [-0.05, 0) is 31.2 Å². The third-order valence-electron chi connectivity index (χ3n) is 4.52. The van der Waals surface area contributed by atoms with Crippen LogP contribution in [0, 0.1) is 0 Å². The molecule has 32 heavy (non-hydrogen) atoms. The van der Waals surface area contributed by atoms with Crippen molar-refractivity contribution in [2.75, 3.05) is 30.6 Å². The van der Waals surface area contributed by atoms with Gasteiger partial charge in [-0.2, -0.15) is 0 Å². The minimum Gasteiger partial charge on any atom is -0.495 e. The summed E-state index contributed by atoms with van der Waals surface area (Å²) in [7, 11) is 3.10. The Balaban J connectivity index is 1.60. The van der Waals surface area contributed by atoms with Crippen molar-refractivity contribution in [3.63, 3.8) is 0 Å². The first-order valence-corrected chi connectivity index (χ1v) is 10.9. The lowest BCUT2D eigenvalue weighted by Crippen LogP contribution is -2.18. The molecule has 2 amide bonds. The number of rotatable bonds is 10. The van der Waals surface area contributed by atoms with Gasteiger partial charge in [0.05, 0.1) is 37.8 Å². The van der Waals surface area contributed by atoms with Crippen LogP contribution in [-0.4, -0.2) is 46.6 Å². The van der Waals surface area contributed by atoms with Gasteiger partial charge in [-0.15, -0.1) is 10.2 Å². The number of hydrogen-bond acceptors (Lipinski definition) is 7. The Hall–Kier alpha value is -3.53. The van der Waals surface area contributed by atoms with Crippen LogP contribution in [0.15, 0.2) is 53.7 Å². The summed E-state index contributed by atoms with van der Waals surface area (Å²) >= 11 is 1.26. The van der Waals surface area contributed by atoms with Crippen molar-refractivity contribution in [3.8, 4) is 11.5 Å². The van der Waals surface area contributed by atoms with Gasteiger partial charge in [0.25, 0.3) is 0 Å². The first-order chi connectivity index (χ1) is 15.5. The van der Waals surface area contributed by atoms with Gasteiger partial charge in [0.2, 0.25) is 11.8 Å². The third kappa shape index (κ3) is 5.79. The van der Waals surface area contributed by atoms with Gasteiger partial charge in [-0.3, -0.25) is 9.59 Å². The normalized spacial score (nSPS) is 10.5. The summed E-state index contributed by atoms with van der Waals surface area (Å²) in [5.74, 6) is 1.40. The molecule has 0 unspecified atom stereocenters. The van der Waals surface area contributed by atoms with E-state index in [1.807, 2.05) is 35.8 Å². The topological polar surface area (TPSA) is 107 Å². The van der Waals surface area contributed by atoms with Gasteiger partial charge < -0.3 is 24.7 Å². The lowest BCUT2D eigenvalue weighted by Gasteiger charge is -2.11. The van der Waals surface area contributed by atoms with E-state index in [-0.39, 0.29) is 24.0 Å². The number of amides is 2. The van der Waals surface area contributed by atoms with Crippen LogP contribution in [0.3, 0.4) is 0 Å². The molecule has 0 saturated heterocycles. The highest BCUT2D eigenvalue weighted by molar-refractivity contribution is 7.99. The van der Waals surface area contributed by atoms with Crippen LogP contribution in [0.25, 0.3) is 0 Å². The molecule has 0 radical (unpaired) electrons. The Morgan fingerprint density at radius 3 is 2.03 bits per heavy atom. The van der Waals surface area contributed by atoms with Crippen molar-refractivity contribution in [3.05, 3.63) is 54.4 Å². The molecule has 3 rings (SSSR count). The van der Waals surface area contributed by atoms with Crippen molar-refractivity contribution < 1.29 is 19.1 Å². The van der Waals surface area contributed by atoms with E-state index < -0.39 is 0 Å². The van der Waals surface area contributed by atoms with E-state index in [0.717, 1.165) is 0 Å². The van der Waals surface area contributed by atoms with Crippen LogP contribution < -0.4 is 20.1 Å². The maximum atomic E-state index is 12.5. The van der Waals surface area contributed by atoms with E-state index >= 15 is 0 Å². The molecule has 0 aliphatic carbocycles. The van der Waals surface area contributed by atoms with Crippen molar-refractivity contribution in [2.24, 2.45) is 0 Å². The monoisotopic (exact) mass is 455 g/mol. The first kappa shape index (κ1) is 23.1. The number of hydrogen-bond donors (Lipinski definition) is 2. The molecule has 168 valence electrons. The number of nitrogens with zero attached hydrogens (tertiary/aromatic N) is 3. The summed E-state index contributed by atoms with van der Waals surface area (Å²) in [6.45, 7) is 2.50. The zero-order valence-corrected chi connectivity index (χ0v) is 18.9. The smallest absolute Gasteiger partial charge is 0.234 e. The Morgan fingerprint density at radius 2 is 1.47 bits per heavy atom. The number of carbonyl (C=O) groups is 2. The van der Waals surface area contributed by atoms with E-state index in [1.54, 1.807) is 38.5 Å². The van der Waals surface area contributed by atoms with Gasteiger partial charge >= 0.3 is 0 Å². The highest BCUT2D eigenvalue weighted by Crippen LogP contribution is 2.25. The molecule has 10 heteroatoms. The summed E-state index contributed by atoms with van der Waals surface area (Å²) in [5, 5.41) is 14.5. The first-order valence-electron chi connectivity index (χ1n) is 9.96. The summed E-state index contributed by atoms with van der Waals surface area (Å²) in [5.41, 5.74) is 1.19. The molecular formula is C22H25N5O4S. The fourth-order valence-corrected chi connectivity index (χ4v) is 3.85. The second-order valence-electron chi connectivity index (χ2n) is 6.61. The molecule has 1 heterocycles. The van der Waals surface area contributed by atoms with Crippen LogP contribution in [0.1, 0.15) is 12.7 Å². The maximum absolute atomic E-state index is 12.5. The number of benzene rings is 2. The molecule has 0 aliphatic rings. The van der Waals surface area contributed by atoms with E-state index in [1.165, 1.54) is 11.8 Å². The molecule has 0 spiro atoms. The summed E-state index contributed by atoms with van der Waals surface area (Å²) < 4.78 is 12.3. The largest absolute Gasteiger partial charge is 0.495 e. The van der Waals surface area contributed by atoms with Gasteiger partial charge in [0.15, 0.2) is 5.16 Å². The maximum Gasteiger partial charge on any atom is 0.234 e. The average Bonchev–Trinajstić information content (AvgIpc) is 3.19. The molecule has 0 fully saturated rings. The number of carbonyl (C=O) groups excluding carboxylic acids is 2. The number of aromatic nitrogens is 3. The quantitative estimate of drug-likeness (QED) is 0.452. The van der Waals surface area contributed by atoms with Crippen molar-refractivity contribution >= 4 is 35.0 Å².